The Bertz CT molecular complexity index is 122. The SMILES string of the molecule is C[C@@H]1CNC[C@@H](O)[C@H](O)[C@H]1O.Cl. The van der Waals surface area contributed by atoms with Crippen molar-refractivity contribution in [3.8, 4) is 0 Å². The van der Waals surface area contributed by atoms with Crippen molar-refractivity contribution in [2.75, 3.05) is 13.1 Å². The number of β-amino-alcohol motifs (C(OH)–C–C–N with tert-alkyl or cyclic N) is 1. The topological polar surface area (TPSA) is 72.7 Å². The molecule has 0 spiro atoms. The van der Waals surface area contributed by atoms with Crippen LogP contribution in [0.2, 0.25) is 0 Å². The predicted octanol–water partition coefficient (Wildman–Crippen LogP) is -1.27. The molecule has 1 heterocycles. The van der Waals surface area contributed by atoms with Crippen LogP contribution in [0, 0.1) is 5.92 Å². The van der Waals surface area contributed by atoms with Crippen LogP contribution in [-0.2, 0) is 0 Å². The number of halogens is 1. The van der Waals surface area contributed by atoms with E-state index in [9.17, 15) is 15.3 Å². The highest BCUT2D eigenvalue weighted by molar-refractivity contribution is 5.85. The lowest BCUT2D eigenvalue weighted by molar-refractivity contribution is -0.0647. The largest absolute Gasteiger partial charge is 0.390 e. The fourth-order valence-electron chi connectivity index (χ4n) is 1.26. The Kier molecular flexibility index (Phi) is 5.04. The Morgan fingerprint density at radius 3 is 2.25 bits per heavy atom. The molecule has 0 aliphatic carbocycles. The van der Waals surface area contributed by atoms with Crippen LogP contribution in [0.5, 0.6) is 0 Å². The molecule has 1 aliphatic heterocycles. The molecule has 1 saturated heterocycles. The summed E-state index contributed by atoms with van der Waals surface area (Å²) in [6, 6.07) is 0. The summed E-state index contributed by atoms with van der Waals surface area (Å²) in [4.78, 5) is 0. The van der Waals surface area contributed by atoms with Crippen molar-refractivity contribution < 1.29 is 15.3 Å². The minimum absolute atomic E-state index is 0. The fraction of sp³-hybridized carbons (Fsp3) is 1.00. The zero-order chi connectivity index (χ0) is 8.43. The minimum Gasteiger partial charge on any atom is -0.390 e. The minimum atomic E-state index is -1.01. The number of aliphatic hydroxyl groups is 3. The molecule has 0 bridgehead atoms. The zero-order valence-corrected chi connectivity index (χ0v) is 7.79. The van der Waals surface area contributed by atoms with E-state index in [-0.39, 0.29) is 18.3 Å². The van der Waals surface area contributed by atoms with E-state index in [4.69, 9.17) is 0 Å². The number of rotatable bonds is 0. The molecule has 4 N–H and O–H groups in total. The second-order valence-electron chi connectivity index (χ2n) is 3.18. The summed E-state index contributed by atoms with van der Waals surface area (Å²) >= 11 is 0. The molecule has 0 unspecified atom stereocenters. The van der Waals surface area contributed by atoms with Crippen LogP contribution in [0.4, 0.5) is 0 Å². The van der Waals surface area contributed by atoms with Gasteiger partial charge in [0, 0.05) is 13.1 Å². The van der Waals surface area contributed by atoms with Crippen molar-refractivity contribution in [2.24, 2.45) is 5.92 Å². The lowest BCUT2D eigenvalue weighted by Gasteiger charge is -2.21. The Balaban J connectivity index is 0.00000121. The van der Waals surface area contributed by atoms with E-state index in [1.807, 2.05) is 6.92 Å². The van der Waals surface area contributed by atoms with Crippen molar-refractivity contribution in [1.82, 2.24) is 5.32 Å². The lowest BCUT2D eigenvalue weighted by atomic mass is 9.99. The van der Waals surface area contributed by atoms with Crippen molar-refractivity contribution in [3.63, 3.8) is 0 Å². The van der Waals surface area contributed by atoms with Crippen molar-refractivity contribution in [3.05, 3.63) is 0 Å². The highest BCUT2D eigenvalue weighted by atomic mass is 35.5. The van der Waals surface area contributed by atoms with Gasteiger partial charge in [0.05, 0.1) is 12.2 Å². The summed E-state index contributed by atoms with van der Waals surface area (Å²) in [6.45, 7) is 2.82. The highest BCUT2D eigenvalue weighted by Gasteiger charge is 2.31. The first-order valence-corrected chi connectivity index (χ1v) is 3.88. The highest BCUT2D eigenvalue weighted by Crippen LogP contribution is 2.12. The summed E-state index contributed by atoms with van der Waals surface area (Å²) in [5.41, 5.74) is 0. The molecular weight excluding hydrogens is 182 g/mol. The monoisotopic (exact) mass is 197 g/mol. The number of aliphatic hydroxyl groups excluding tert-OH is 3. The molecule has 1 aliphatic rings. The molecular formula is C7H16ClNO3. The van der Waals surface area contributed by atoms with Crippen LogP contribution >= 0.6 is 12.4 Å². The average Bonchev–Trinajstić information content (AvgIpc) is 2.07. The first kappa shape index (κ1) is 12.1. The van der Waals surface area contributed by atoms with Gasteiger partial charge in [0.25, 0.3) is 0 Å². The van der Waals surface area contributed by atoms with Gasteiger partial charge in [-0.1, -0.05) is 6.92 Å². The van der Waals surface area contributed by atoms with Gasteiger partial charge in [-0.3, -0.25) is 0 Å². The molecule has 0 amide bonds. The van der Waals surface area contributed by atoms with Crippen LogP contribution in [0.15, 0.2) is 0 Å². The van der Waals surface area contributed by atoms with Gasteiger partial charge in [-0.2, -0.15) is 0 Å². The van der Waals surface area contributed by atoms with Crippen LogP contribution < -0.4 is 5.32 Å². The van der Waals surface area contributed by atoms with E-state index in [2.05, 4.69) is 5.32 Å². The third-order valence-corrected chi connectivity index (χ3v) is 2.15. The van der Waals surface area contributed by atoms with Gasteiger partial charge < -0.3 is 20.6 Å². The number of hydrogen-bond acceptors (Lipinski definition) is 4. The Morgan fingerprint density at radius 2 is 1.67 bits per heavy atom. The zero-order valence-electron chi connectivity index (χ0n) is 6.97. The van der Waals surface area contributed by atoms with Gasteiger partial charge >= 0.3 is 0 Å². The van der Waals surface area contributed by atoms with Gasteiger partial charge in [0.15, 0.2) is 0 Å². The normalized spacial score (nSPS) is 43.0. The van der Waals surface area contributed by atoms with Gasteiger partial charge in [0.2, 0.25) is 0 Å². The van der Waals surface area contributed by atoms with E-state index in [1.54, 1.807) is 0 Å². The van der Waals surface area contributed by atoms with Gasteiger partial charge in [-0.15, -0.1) is 12.4 Å². The maximum atomic E-state index is 9.35. The van der Waals surface area contributed by atoms with E-state index in [0.29, 0.717) is 13.1 Å². The van der Waals surface area contributed by atoms with E-state index >= 15 is 0 Å². The third kappa shape index (κ3) is 2.57. The van der Waals surface area contributed by atoms with Gasteiger partial charge in [-0.25, -0.2) is 0 Å². The summed E-state index contributed by atoms with van der Waals surface area (Å²) in [5.74, 6) is -0.0119. The molecule has 0 aromatic heterocycles. The Labute approximate surface area is 78.0 Å². The van der Waals surface area contributed by atoms with Crippen molar-refractivity contribution in [1.29, 1.82) is 0 Å². The van der Waals surface area contributed by atoms with Crippen molar-refractivity contribution >= 4 is 12.4 Å². The molecule has 1 fully saturated rings. The Morgan fingerprint density at radius 1 is 1.08 bits per heavy atom. The molecule has 0 aromatic rings. The smallest absolute Gasteiger partial charge is 0.107 e. The van der Waals surface area contributed by atoms with Crippen LogP contribution in [0.25, 0.3) is 0 Å². The quantitative estimate of drug-likeness (QED) is 0.391. The van der Waals surface area contributed by atoms with E-state index < -0.39 is 18.3 Å². The average molecular weight is 198 g/mol. The van der Waals surface area contributed by atoms with Crippen molar-refractivity contribution in [2.45, 2.75) is 25.2 Å². The molecule has 12 heavy (non-hydrogen) atoms. The van der Waals surface area contributed by atoms with Crippen LogP contribution in [-0.4, -0.2) is 46.7 Å². The summed E-state index contributed by atoms with van der Waals surface area (Å²) < 4.78 is 0. The third-order valence-electron chi connectivity index (χ3n) is 2.15. The number of hydrogen-bond donors (Lipinski definition) is 4. The second-order valence-corrected chi connectivity index (χ2v) is 3.18. The molecule has 1 rings (SSSR count). The summed E-state index contributed by atoms with van der Waals surface area (Å²) in [5, 5.41) is 30.7. The number of nitrogens with one attached hydrogen (secondary N) is 1. The van der Waals surface area contributed by atoms with E-state index in [0.717, 1.165) is 0 Å². The standard InChI is InChI=1S/C7H15NO3.ClH/c1-4-2-8-3-5(9)7(11)6(4)10;/h4-11H,2-3H2,1H3;1H/t4-,5-,6+,7+;/m1./s1. The van der Waals surface area contributed by atoms with Gasteiger partial charge in [0.1, 0.15) is 6.10 Å². The van der Waals surface area contributed by atoms with Crippen LogP contribution in [0.3, 0.4) is 0 Å². The summed E-state index contributed by atoms with van der Waals surface area (Å²) in [7, 11) is 0. The maximum Gasteiger partial charge on any atom is 0.107 e. The lowest BCUT2D eigenvalue weighted by Crippen LogP contribution is -2.40. The molecule has 4 nitrogen and oxygen atoms in total. The predicted molar refractivity (Wildman–Crippen MR) is 47.3 cm³/mol. The fourth-order valence-corrected chi connectivity index (χ4v) is 1.26. The molecule has 4 atom stereocenters. The first-order chi connectivity index (χ1) is 5.13. The first-order valence-electron chi connectivity index (χ1n) is 3.88. The molecule has 74 valence electrons. The molecule has 5 heteroatoms. The molecule has 0 aromatic carbocycles. The Hall–Kier alpha value is 0.130. The molecule has 0 saturated carbocycles. The van der Waals surface area contributed by atoms with Crippen LogP contribution in [0.1, 0.15) is 6.92 Å². The summed E-state index contributed by atoms with van der Waals surface area (Å²) in [6.07, 6.45) is -2.69. The maximum absolute atomic E-state index is 9.35. The molecule has 0 radical (unpaired) electrons. The van der Waals surface area contributed by atoms with Gasteiger partial charge in [-0.05, 0) is 5.92 Å². The second kappa shape index (κ2) is 4.99. The van der Waals surface area contributed by atoms with E-state index in [1.165, 1.54) is 0 Å².